The fourth-order valence-corrected chi connectivity index (χ4v) is 2.26. The van der Waals surface area contributed by atoms with Gasteiger partial charge in [-0.05, 0) is 17.7 Å². The summed E-state index contributed by atoms with van der Waals surface area (Å²) in [5, 5.41) is 0. The molecule has 5 nitrogen and oxygen atoms in total. The Morgan fingerprint density at radius 1 is 1.28 bits per heavy atom. The Morgan fingerprint density at radius 2 is 2.06 bits per heavy atom. The Morgan fingerprint density at radius 3 is 2.67 bits per heavy atom. The van der Waals surface area contributed by atoms with Gasteiger partial charge in [-0.3, -0.25) is 9.97 Å². The van der Waals surface area contributed by atoms with Crippen LogP contribution in [0.3, 0.4) is 0 Å². The van der Waals surface area contributed by atoms with E-state index >= 15 is 0 Å². The predicted molar refractivity (Wildman–Crippen MR) is 67.6 cm³/mol. The lowest BCUT2D eigenvalue weighted by molar-refractivity contribution is 0.601. The molecule has 1 unspecified atom stereocenters. The zero-order chi connectivity index (χ0) is 13.2. The van der Waals surface area contributed by atoms with Crippen LogP contribution in [0.2, 0.25) is 0 Å². The quantitative estimate of drug-likeness (QED) is 0.890. The molecule has 0 amide bonds. The van der Waals surface area contributed by atoms with E-state index < -0.39 is 15.9 Å². The second-order valence-electron chi connectivity index (χ2n) is 3.95. The highest BCUT2D eigenvalue weighted by molar-refractivity contribution is 7.90. The van der Waals surface area contributed by atoms with Gasteiger partial charge in [-0.2, -0.15) is 0 Å². The number of hydrogen-bond acceptors (Lipinski definition) is 5. The van der Waals surface area contributed by atoms with Crippen LogP contribution in [-0.4, -0.2) is 24.6 Å². The number of sulfone groups is 1. The maximum Gasteiger partial charge on any atom is 0.175 e. The second kappa shape index (κ2) is 4.83. The highest BCUT2D eigenvalue weighted by atomic mass is 32.2. The number of aromatic nitrogens is 2. The molecule has 1 atom stereocenters. The van der Waals surface area contributed by atoms with Crippen LogP contribution < -0.4 is 5.73 Å². The Labute approximate surface area is 106 Å². The van der Waals surface area contributed by atoms with Crippen molar-refractivity contribution in [3.05, 3.63) is 54.1 Å². The Bertz CT molecular complexity index is 641. The van der Waals surface area contributed by atoms with Gasteiger partial charge in [0.1, 0.15) is 0 Å². The Balaban J connectivity index is 2.41. The molecule has 2 aromatic rings. The van der Waals surface area contributed by atoms with Crippen molar-refractivity contribution in [3.8, 4) is 0 Å². The van der Waals surface area contributed by atoms with E-state index in [-0.39, 0.29) is 4.90 Å². The molecule has 94 valence electrons. The Kier molecular flexibility index (Phi) is 3.40. The number of hydrogen-bond donors (Lipinski definition) is 1. The van der Waals surface area contributed by atoms with Crippen LogP contribution in [0.25, 0.3) is 0 Å². The van der Waals surface area contributed by atoms with Gasteiger partial charge in [0.2, 0.25) is 0 Å². The van der Waals surface area contributed by atoms with Gasteiger partial charge in [0.15, 0.2) is 9.84 Å². The minimum absolute atomic E-state index is 0.249. The summed E-state index contributed by atoms with van der Waals surface area (Å²) >= 11 is 0. The molecule has 0 radical (unpaired) electrons. The summed E-state index contributed by atoms with van der Waals surface area (Å²) in [5.41, 5.74) is 7.32. The monoisotopic (exact) mass is 263 g/mol. The van der Waals surface area contributed by atoms with Crippen LogP contribution in [0.15, 0.2) is 47.8 Å². The van der Waals surface area contributed by atoms with Gasteiger partial charge in [0.05, 0.1) is 22.8 Å². The third-order valence-electron chi connectivity index (χ3n) is 2.55. The minimum atomic E-state index is -3.23. The lowest BCUT2D eigenvalue weighted by atomic mass is 10.1. The first-order valence-electron chi connectivity index (χ1n) is 5.30. The Hall–Kier alpha value is -1.79. The van der Waals surface area contributed by atoms with E-state index in [0.717, 1.165) is 0 Å². The maximum absolute atomic E-state index is 11.5. The third kappa shape index (κ3) is 2.72. The van der Waals surface area contributed by atoms with Crippen LogP contribution in [-0.2, 0) is 9.84 Å². The van der Waals surface area contributed by atoms with Crippen molar-refractivity contribution >= 4 is 9.84 Å². The van der Waals surface area contributed by atoms with Crippen molar-refractivity contribution < 1.29 is 8.42 Å². The highest BCUT2D eigenvalue weighted by Crippen LogP contribution is 2.20. The number of nitrogens with zero attached hydrogens (tertiary/aromatic N) is 2. The largest absolute Gasteiger partial charge is 0.319 e. The summed E-state index contributed by atoms with van der Waals surface area (Å²) in [6, 6.07) is 6.06. The van der Waals surface area contributed by atoms with E-state index in [9.17, 15) is 8.42 Å². The molecule has 1 aromatic carbocycles. The summed E-state index contributed by atoms with van der Waals surface area (Å²) in [4.78, 5) is 8.30. The first-order chi connectivity index (χ1) is 8.48. The smallest absolute Gasteiger partial charge is 0.175 e. The first kappa shape index (κ1) is 12.7. The third-order valence-corrected chi connectivity index (χ3v) is 3.66. The normalized spacial score (nSPS) is 13.2. The van der Waals surface area contributed by atoms with Crippen LogP contribution >= 0.6 is 0 Å². The van der Waals surface area contributed by atoms with E-state index in [1.807, 2.05) is 0 Å². The number of benzene rings is 1. The summed E-state index contributed by atoms with van der Waals surface area (Å²) < 4.78 is 23.0. The molecule has 0 aliphatic carbocycles. The van der Waals surface area contributed by atoms with E-state index in [4.69, 9.17) is 5.73 Å². The molecule has 2 rings (SSSR count). The number of nitrogens with two attached hydrogens (primary N) is 1. The van der Waals surface area contributed by atoms with Gasteiger partial charge >= 0.3 is 0 Å². The summed E-state index contributed by atoms with van der Waals surface area (Å²) in [6.45, 7) is 0. The minimum Gasteiger partial charge on any atom is -0.319 e. The lowest BCUT2D eigenvalue weighted by Crippen LogP contribution is -2.14. The van der Waals surface area contributed by atoms with E-state index in [2.05, 4.69) is 9.97 Å². The highest BCUT2D eigenvalue weighted by Gasteiger charge is 2.13. The number of rotatable bonds is 3. The topological polar surface area (TPSA) is 85.9 Å². The summed E-state index contributed by atoms with van der Waals surface area (Å²) in [7, 11) is -3.23. The standard InChI is InChI=1S/C12H13N3O2S/c1-18(16,17)10-4-2-3-9(7-10)12(13)11-8-14-5-6-15-11/h2-8,12H,13H2,1H3. The second-order valence-corrected chi connectivity index (χ2v) is 5.97. The molecule has 18 heavy (non-hydrogen) atoms. The van der Waals surface area contributed by atoms with Gasteiger partial charge in [-0.1, -0.05) is 12.1 Å². The predicted octanol–water partition coefficient (Wildman–Crippen LogP) is 0.928. The van der Waals surface area contributed by atoms with Gasteiger partial charge < -0.3 is 5.73 Å². The average molecular weight is 263 g/mol. The molecule has 1 heterocycles. The molecular weight excluding hydrogens is 250 g/mol. The van der Waals surface area contributed by atoms with Crippen LogP contribution in [0.4, 0.5) is 0 Å². The fraction of sp³-hybridized carbons (Fsp3) is 0.167. The zero-order valence-electron chi connectivity index (χ0n) is 9.82. The van der Waals surface area contributed by atoms with E-state index in [1.54, 1.807) is 42.9 Å². The molecule has 1 aromatic heterocycles. The summed E-state index contributed by atoms with van der Waals surface area (Å²) in [6.07, 6.45) is 5.84. The maximum atomic E-state index is 11.5. The van der Waals surface area contributed by atoms with Gasteiger partial charge in [-0.25, -0.2) is 8.42 Å². The summed E-state index contributed by atoms with van der Waals surface area (Å²) in [5.74, 6) is 0. The molecule has 6 heteroatoms. The van der Waals surface area contributed by atoms with Crippen molar-refractivity contribution in [2.75, 3.05) is 6.26 Å². The van der Waals surface area contributed by atoms with Crippen LogP contribution in [0.1, 0.15) is 17.3 Å². The van der Waals surface area contributed by atoms with Crippen molar-refractivity contribution in [1.82, 2.24) is 9.97 Å². The van der Waals surface area contributed by atoms with Crippen molar-refractivity contribution in [3.63, 3.8) is 0 Å². The molecule has 2 N–H and O–H groups in total. The SMILES string of the molecule is CS(=O)(=O)c1cccc(C(N)c2cnccn2)c1. The molecule has 0 bridgehead atoms. The lowest BCUT2D eigenvalue weighted by Gasteiger charge is -2.11. The molecule has 0 aliphatic heterocycles. The molecule has 0 saturated carbocycles. The van der Waals surface area contributed by atoms with Gasteiger partial charge in [0, 0.05) is 18.6 Å². The fourth-order valence-electron chi connectivity index (χ4n) is 1.58. The van der Waals surface area contributed by atoms with Crippen molar-refractivity contribution in [2.24, 2.45) is 5.73 Å². The van der Waals surface area contributed by atoms with Gasteiger partial charge in [-0.15, -0.1) is 0 Å². The molecule has 0 saturated heterocycles. The van der Waals surface area contributed by atoms with E-state index in [0.29, 0.717) is 11.3 Å². The molecule has 0 aliphatic rings. The zero-order valence-corrected chi connectivity index (χ0v) is 10.6. The van der Waals surface area contributed by atoms with Crippen molar-refractivity contribution in [1.29, 1.82) is 0 Å². The van der Waals surface area contributed by atoms with Crippen LogP contribution in [0, 0.1) is 0 Å². The van der Waals surface area contributed by atoms with Gasteiger partial charge in [0.25, 0.3) is 0 Å². The molecule has 0 fully saturated rings. The first-order valence-corrected chi connectivity index (χ1v) is 7.19. The average Bonchev–Trinajstić information content (AvgIpc) is 2.38. The molecular formula is C12H13N3O2S. The van der Waals surface area contributed by atoms with Crippen molar-refractivity contribution in [2.45, 2.75) is 10.9 Å². The van der Waals surface area contributed by atoms with Crippen LogP contribution in [0.5, 0.6) is 0 Å². The molecule has 0 spiro atoms. The van der Waals surface area contributed by atoms with E-state index in [1.165, 1.54) is 6.26 Å².